The molecule has 0 bridgehead atoms. The van der Waals surface area contributed by atoms with Crippen molar-refractivity contribution in [3.05, 3.63) is 66.1 Å². The van der Waals surface area contributed by atoms with Gasteiger partial charge in [0.2, 0.25) is 0 Å². The van der Waals surface area contributed by atoms with Crippen molar-refractivity contribution >= 4 is 23.5 Å². The van der Waals surface area contributed by atoms with Crippen LogP contribution in [0.15, 0.2) is 60.0 Å². The molecule has 0 saturated heterocycles. The number of fused-ring (bicyclic) bond motifs is 1. The van der Waals surface area contributed by atoms with E-state index in [1.54, 1.807) is 18.5 Å². The van der Waals surface area contributed by atoms with Crippen LogP contribution < -0.4 is 10.3 Å². The van der Waals surface area contributed by atoms with Gasteiger partial charge in [0.25, 0.3) is 5.91 Å². The molecule has 23 heavy (non-hydrogen) atoms. The lowest BCUT2D eigenvalue weighted by molar-refractivity contribution is 0.0955. The average Bonchev–Trinajstić information content (AvgIpc) is 2.98. The summed E-state index contributed by atoms with van der Waals surface area (Å²) in [5.41, 5.74) is 5.69. The Hall–Kier alpha value is -3.15. The average molecular weight is 307 g/mol. The number of imidazole rings is 1. The van der Waals surface area contributed by atoms with Gasteiger partial charge in [-0.2, -0.15) is 5.10 Å². The molecule has 1 amide bonds. The Morgan fingerprint density at radius 2 is 2.13 bits per heavy atom. The lowest BCUT2D eigenvalue weighted by atomic mass is 10.2. The van der Waals surface area contributed by atoms with Gasteiger partial charge in [0.05, 0.1) is 18.1 Å². The fourth-order valence-corrected chi connectivity index (χ4v) is 2.19. The molecule has 0 unspecified atom stereocenters. The van der Waals surface area contributed by atoms with Crippen molar-refractivity contribution in [1.29, 1.82) is 0 Å². The lowest BCUT2D eigenvalue weighted by Gasteiger charge is -2.12. The second-order valence-corrected chi connectivity index (χ2v) is 5.26. The first-order valence-electron chi connectivity index (χ1n) is 7.18. The number of anilines is 1. The molecule has 1 N–H and O–H groups in total. The molecule has 6 heteroatoms. The van der Waals surface area contributed by atoms with Gasteiger partial charge in [-0.3, -0.25) is 9.20 Å². The van der Waals surface area contributed by atoms with E-state index in [1.807, 2.05) is 66.0 Å². The largest absolute Gasteiger partial charge is 0.378 e. The molecule has 0 aliphatic rings. The summed E-state index contributed by atoms with van der Waals surface area (Å²) >= 11 is 0. The first-order chi connectivity index (χ1) is 11.1. The third kappa shape index (κ3) is 3.21. The van der Waals surface area contributed by atoms with Crippen molar-refractivity contribution in [3.8, 4) is 0 Å². The van der Waals surface area contributed by atoms with Crippen molar-refractivity contribution in [3.63, 3.8) is 0 Å². The second kappa shape index (κ2) is 6.31. The Kier molecular flexibility index (Phi) is 4.05. The number of hydrogen-bond donors (Lipinski definition) is 1. The number of pyridine rings is 1. The van der Waals surface area contributed by atoms with Crippen LogP contribution in [-0.2, 0) is 0 Å². The molecule has 0 radical (unpaired) electrons. The minimum atomic E-state index is -0.251. The van der Waals surface area contributed by atoms with Crippen LogP contribution in [0.25, 0.3) is 5.65 Å². The summed E-state index contributed by atoms with van der Waals surface area (Å²) in [5, 5.41) is 4.02. The van der Waals surface area contributed by atoms with E-state index in [-0.39, 0.29) is 5.91 Å². The van der Waals surface area contributed by atoms with Gasteiger partial charge in [-0.05, 0) is 30.3 Å². The van der Waals surface area contributed by atoms with Gasteiger partial charge in [-0.1, -0.05) is 12.1 Å². The number of rotatable bonds is 4. The van der Waals surface area contributed by atoms with Crippen LogP contribution in [0.1, 0.15) is 16.1 Å². The smallest absolute Gasteiger partial charge is 0.271 e. The number of hydrogen-bond acceptors (Lipinski definition) is 4. The third-order valence-electron chi connectivity index (χ3n) is 3.43. The molecule has 0 atom stereocenters. The van der Waals surface area contributed by atoms with Gasteiger partial charge < -0.3 is 4.90 Å². The fraction of sp³-hybridized carbons (Fsp3) is 0.118. The molecule has 0 spiro atoms. The quantitative estimate of drug-likeness (QED) is 0.593. The number of carbonyl (C=O) groups excluding carboxylic acids is 1. The molecule has 0 saturated carbocycles. The van der Waals surface area contributed by atoms with E-state index in [0.29, 0.717) is 5.56 Å². The standard InChI is InChI=1S/C17H17N5O/c1-21(2)14-7-5-6-13(10-14)17(23)20-19-12-15-11-18-16-8-3-4-9-22(15)16/h3-12H,1-2H3,(H,20,23)/b19-12+. The highest BCUT2D eigenvalue weighted by Gasteiger charge is 2.06. The summed E-state index contributed by atoms with van der Waals surface area (Å²) in [5.74, 6) is -0.251. The highest BCUT2D eigenvalue weighted by atomic mass is 16.2. The molecule has 2 aromatic heterocycles. The van der Waals surface area contributed by atoms with Gasteiger partial charge in [-0.25, -0.2) is 10.4 Å². The SMILES string of the molecule is CN(C)c1cccc(C(=O)N/N=C/c2cnc3ccccn23)c1. The van der Waals surface area contributed by atoms with Gasteiger partial charge in [0, 0.05) is 31.5 Å². The maximum atomic E-state index is 12.1. The first-order valence-corrected chi connectivity index (χ1v) is 7.18. The Morgan fingerprint density at radius 3 is 2.96 bits per heavy atom. The van der Waals surface area contributed by atoms with Crippen molar-refractivity contribution in [2.75, 3.05) is 19.0 Å². The van der Waals surface area contributed by atoms with E-state index in [2.05, 4.69) is 15.5 Å². The third-order valence-corrected chi connectivity index (χ3v) is 3.43. The van der Waals surface area contributed by atoms with Crippen LogP contribution in [0.5, 0.6) is 0 Å². The molecule has 116 valence electrons. The molecule has 2 heterocycles. The van der Waals surface area contributed by atoms with Gasteiger partial charge in [0.15, 0.2) is 0 Å². The monoisotopic (exact) mass is 307 g/mol. The van der Waals surface area contributed by atoms with Crippen LogP contribution >= 0.6 is 0 Å². The molecule has 6 nitrogen and oxygen atoms in total. The highest BCUT2D eigenvalue weighted by Crippen LogP contribution is 2.13. The van der Waals surface area contributed by atoms with Crippen molar-refractivity contribution in [1.82, 2.24) is 14.8 Å². The Morgan fingerprint density at radius 1 is 1.26 bits per heavy atom. The van der Waals surface area contributed by atoms with Crippen molar-refractivity contribution in [2.45, 2.75) is 0 Å². The van der Waals surface area contributed by atoms with Crippen LogP contribution in [-0.4, -0.2) is 35.6 Å². The predicted molar refractivity (Wildman–Crippen MR) is 91.0 cm³/mol. The predicted octanol–water partition coefficient (Wildman–Crippen LogP) is 2.16. The zero-order chi connectivity index (χ0) is 16.2. The summed E-state index contributed by atoms with van der Waals surface area (Å²) in [4.78, 5) is 18.3. The minimum Gasteiger partial charge on any atom is -0.378 e. The summed E-state index contributed by atoms with van der Waals surface area (Å²) in [6.45, 7) is 0. The second-order valence-electron chi connectivity index (χ2n) is 5.26. The van der Waals surface area contributed by atoms with Crippen molar-refractivity contribution < 1.29 is 4.79 Å². The molecule has 0 fully saturated rings. The number of nitrogens with one attached hydrogen (secondary N) is 1. The summed E-state index contributed by atoms with van der Waals surface area (Å²) in [6.07, 6.45) is 5.18. The molecule has 1 aromatic carbocycles. The molecule has 0 aliphatic heterocycles. The van der Waals surface area contributed by atoms with E-state index in [1.165, 1.54) is 0 Å². The number of nitrogens with zero attached hydrogens (tertiary/aromatic N) is 4. The molecule has 0 aliphatic carbocycles. The summed E-state index contributed by atoms with van der Waals surface area (Å²) in [7, 11) is 3.86. The van der Waals surface area contributed by atoms with Crippen molar-refractivity contribution in [2.24, 2.45) is 5.10 Å². The molecular formula is C17H17N5O. The molecule has 3 aromatic rings. The summed E-state index contributed by atoms with van der Waals surface area (Å²) in [6, 6.07) is 13.1. The van der Waals surface area contributed by atoms with E-state index >= 15 is 0 Å². The Balaban J connectivity index is 1.72. The van der Waals surface area contributed by atoms with E-state index in [0.717, 1.165) is 17.0 Å². The van der Waals surface area contributed by atoms with Gasteiger partial charge in [0.1, 0.15) is 5.65 Å². The van der Waals surface area contributed by atoms with E-state index in [9.17, 15) is 4.79 Å². The van der Waals surface area contributed by atoms with Crippen LogP contribution in [0.3, 0.4) is 0 Å². The van der Waals surface area contributed by atoms with E-state index < -0.39 is 0 Å². The summed E-state index contributed by atoms with van der Waals surface area (Å²) < 4.78 is 1.89. The Bertz CT molecular complexity index is 866. The maximum absolute atomic E-state index is 12.1. The number of amides is 1. The number of carbonyl (C=O) groups is 1. The molecule has 3 rings (SSSR count). The van der Waals surface area contributed by atoms with Gasteiger partial charge >= 0.3 is 0 Å². The number of benzene rings is 1. The highest BCUT2D eigenvalue weighted by molar-refractivity contribution is 5.95. The Labute approximate surface area is 134 Å². The van der Waals surface area contributed by atoms with Crippen LogP contribution in [0.2, 0.25) is 0 Å². The minimum absolute atomic E-state index is 0.251. The lowest BCUT2D eigenvalue weighted by Crippen LogP contribution is -2.18. The normalized spacial score (nSPS) is 11.0. The van der Waals surface area contributed by atoms with Crippen LogP contribution in [0, 0.1) is 0 Å². The van der Waals surface area contributed by atoms with Crippen LogP contribution in [0.4, 0.5) is 5.69 Å². The fourth-order valence-electron chi connectivity index (χ4n) is 2.19. The zero-order valence-corrected chi connectivity index (χ0v) is 13.0. The first kappa shape index (κ1) is 14.8. The molecular weight excluding hydrogens is 290 g/mol. The maximum Gasteiger partial charge on any atom is 0.271 e. The number of aromatic nitrogens is 2. The zero-order valence-electron chi connectivity index (χ0n) is 13.0. The van der Waals surface area contributed by atoms with Gasteiger partial charge in [-0.15, -0.1) is 0 Å². The van der Waals surface area contributed by atoms with E-state index in [4.69, 9.17) is 0 Å². The number of hydrazone groups is 1. The topological polar surface area (TPSA) is 62.0 Å².